The Kier molecular flexibility index (Phi) is 4.22. The molecule has 0 saturated carbocycles. The predicted octanol–water partition coefficient (Wildman–Crippen LogP) is 2.40. The number of halogens is 2. The molecule has 0 aliphatic heterocycles. The van der Waals surface area contributed by atoms with Crippen molar-refractivity contribution in [2.45, 2.75) is 0 Å². The van der Waals surface area contributed by atoms with Gasteiger partial charge in [-0.1, -0.05) is 6.07 Å². The first-order chi connectivity index (χ1) is 10.0. The highest BCUT2D eigenvalue weighted by Crippen LogP contribution is 2.15. The molecule has 7 heteroatoms. The zero-order chi connectivity index (χ0) is 15.4. The van der Waals surface area contributed by atoms with E-state index >= 15 is 0 Å². The van der Waals surface area contributed by atoms with Crippen molar-refractivity contribution in [1.29, 1.82) is 0 Å². The Labute approximate surface area is 118 Å². The Bertz CT molecular complexity index is 704. The number of carbonyl (C=O) groups excluding carboxylic acids is 2. The van der Waals surface area contributed by atoms with E-state index in [4.69, 9.17) is 0 Å². The summed E-state index contributed by atoms with van der Waals surface area (Å²) < 4.78 is 30.7. The molecule has 1 amide bonds. The molecule has 1 heterocycles. The van der Waals surface area contributed by atoms with E-state index in [1.807, 2.05) is 0 Å². The standard InChI is InChI=1S/C14H10F2N2O3/c1-21-14(20)12-4-2-3-11(17-12)13(19)18-10-6-5-8(15)7-9(10)16/h2-7H,1H3,(H,18,19). The van der Waals surface area contributed by atoms with Crippen LogP contribution in [0.2, 0.25) is 0 Å². The van der Waals surface area contributed by atoms with Gasteiger partial charge in [0.15, 0.2) is 0 Å². The third-order valence-corrected chi connectivity index (χ3v) is 2.56. The fourth-order valence-corrected chi connectivity index (χ4v) is 1.56. The molecule has 0 aliphatic rings. The largest absolute Gasteiger partial charge is 0.464 e. The first-order valence-corrected chi connectivity index (χ1v) is 5.83. The molecule has 0 radical (unpaired) electrons. The molecule has 1 N–H and O–H groups in total. The summed E-state index contributed by atoms with van der Waals surface area (Å²) >= 11 is 0. The van der Waals surface area contributed by atoms with E-state index in [1.165, 1.54) is 25.3 Å². The molecule has 21 heavy (non-hydrogen) atoms. The van der Waals surface area contributed by atoms with Gasteiger partial charge in [-0.05, 0) is 24.3 Å². The van der Waals surface area contributed by atoms with Crippen LogP contribution in [-0.4, -0.2) is 24.0 Å². The number of rotatable bonds is 3. The van der Waals surface area contributed by atoms with Crippen LogP contribution in [0.3, 0.4) is 0 Å². The van der Waals surface area contributed by atoms with Gasteiger partial charge in [0, 0.05) is 6.07 Å². The summed E-state index contributed by atoms with van der Waals surface area (Å²) in [6.45, 7) is 0. The normalized spacial score (nSPS) is 10.0. The Morgan fingerprint density at radius 1 is 1.14 bits per heavy atom. The lowest BCUT2D eigenvalue weighted by Gasteiger charge is -2.06. The van der Waals surface area contributed by atoms with Gasteiger partial charge in [-0.2, -0.15) is 0 Å². The van der Waals surface area contributed by atoms with E-state index < -0.39 is 23.5 Å². The summed E-state index contributed by atoms with van der Waals surface area (Å²) in [5, 5.41) is 2.24. The predicted molar refractivity (Wildman–Crippen MR) is 69.9 cm³/mol. The molecular weight excluding hydrogens is 282 g/mol. The Morgan fingerprint density at radius 3 is 2.52 bits per heavy atom. The smallest absolute Gasteiger partial charge is 0.356 e. The van der Waals surface area contributed by atoms with Crippen molar-refractivity contribution in [1.82, 2.24) is 4.98 Å². The lowest BCUT2D eigenvalue weighted by Crippen LogP contribution is -2.16. The number of pyridine rings is 1. The molecule has 0 unspecified atom stereocenters. The SMILES string of the molecule is COC(=O)c1cccc(C(=O)Nc2ccc(F)cc2F)n1. The number of hydrogen-bond donors (Lipinski definition) is 1. The van der Waals surface area contributed by atoms with Crippen molar-refractivity contribution in [2.75, 3.05) is 12.4 Å². The van der Waals surface area contributed by atoms with Crippen LogP contribution in [0.25, 0.3) is 0 Å². The van der Waals surface area contributed by atoms with Crippen LogP contribution < -0.4 is 5.32 Å². The topological polar surface area (TPSA) is 68.3 Å². The number of esters is 1. The van der Waals surface area contributed by atoms with Crippen LogP contribution in [0.5, 0.6) is 0 Å². The number of benzene rings is 1. The van der Waals surface area contributed by atoms with E-state index in [0.29, 0.717) is 6.07 Å². The van der Waals surface area contributed by atoms with Gasteiger partial charge in [0.1, 0.15) is 23.0 Å². The molecule has 0 fully saturated rings. The highest BCUT2D eigenvalue weighted by Gasteiger charge is 2.14. The molecular formula is C14H10F2N2O3. The van der Waals surface area contributed by atoms with Crippen molar-refractivity contribution in [2.24, 2.45) is 0 Å². The second-order valence-corrected chi connectivity index (χ2v) is 3.98. The fourth-order valence-electron chi connectivity index (χ4n) is 1.56. The van der Waals surface area contributed by atoms with Gasteiger partial charge in [0.25, 0.3) is 5.91 Å². The lowest BCUT2D eigenvalue weighted by atomic mass is 10.2. The third-order valence-electron chi connectivity index (χ3n) is 2.56. The number of nitrogens with zero attached hydrogens (tertiary/aromatic N) is 1. The molecule has 0 spiro atoms. The van der Waals surface area contributed by atoms with Crippen molar-refractivity contribution >= 4 is 17.6 Å². The first kappa shape index (κ1) is 14.6. The summed E-state index contributed by atoms with van der Waals surface area (Å²) in [5.74, 6) is -3.09. The summed E-state index contributed by atoms with van der Waals surface area (Å²) in [4.78, 5) is 27.1. The molecule has 1 aromatic heterocycles. The maximum absolute atomic E-state index is 13.4. The average molecular weight is 292 g/mol. The number of amides is 1. The van der Waals surface area contributed by atoms with Gasteiger partial charge in [-0.3, -0.25) is 4.79 Å². The van der Waals surface area contributed by atoms with E-state index in [2.05, 4.69) is 15.0 Å². The van der Waals surface area contributed by atoms with Crippen molar-refractivity contribution in [3.8, 4) is 0 Å². The van der Waals surface area contributed by atoms with Gasteiger partial charge in [-0.15, -0.1) is 0 Å². The maximum atomic E-state index is 13.4. The minimum atomic E-state index is -0.910. The number of anilines is 1. The van der Waals surface area contributed by atoms with Gasteiger partial charge < -0.3 is 10.1 Å². The van der Waals surface area contributed by atoms with Crippen molar-refractivity contribution < 1.29 is 23.1 Å². The first-order valence-electron chi connectivity index (χ1n) is 5.83. The quantitative estimate of drug-likeness (QED) is 0.882. The molecule has 1 aromatic carbocycles. The van der Waals surface area contributed by atoms with E-state index in [0.717, 1.165) is 12.1 Å². The molecule has 0 aliphatic carbocycles. The van der Waals surface area contributed by atoms with Crippen LogP contribution in [0.4, 0.5) is 14.5 Å². The monoisotopic (exact) mass is 292 g/mol. The molecule has 0 saturated heterocycles. The van der Waals surface area contributed by atoms with E-state index in [1.54, 1.807) is 0 Å². The molecule has 0 atom stereocenters. The third kappa shape index (κ3) is 3.38. The zero-order valence-electron chi connectivity index (χ0n) is 10.9. The highest BCUT2D eigenvalue weighted by atomic mass is 19.1. The number of hydrogen-bond acceptors (Lipinski definition) is 4. The number of carbonyl (C=O) groups is 2. The fraction of sp³-hybridized carbons (Fsp3) is 0.0714. The molecule has 0 bridgehead atoms. The Hall–Kier alpha value is -2.83. The van der Waals surface area contributed by atoms with E-state index in [9.17, 15) is 18.4 Å². The number of nitrogens with one attached hydrogen (secondary N) is 1. The van der Waals surface area contributed by atoms with Gasteiger partial charge >= 0.3 is 5.97 Å². The van der Waals surface area contributed by atoms with Crippen LogP contribution >= 0.6 is 0 Å². The zero-order valence-corrected chi connectivity index (χ0v) is 10.9. The summed E-state index contributed by atoms with van der Waals surface area (Å²) in [6.07, 6.45) is 0. The van der Waals surface area contributed by atoms with Crippen LogP contribution in [0, 0.1) is 11.6 Å². The minimum Gasteiger partial charge on any atom is -0.464 e. The Morgan fingerprint density at radius 2 is 1.86 bits per heavy atom. The van der Waals surface area contributed by atoms with E-state index in [-0.39, 0.29) is 17.1 Å². The second kappa shape index (κ2) is 6.08. The minimum absolute atomic E-state index is 0.0512. The maximum Gasteiger partial charge on any atom is 0.356 e. The number of ether oxygens (including phenoxy) is 1. The lowest BCUT2D eigenvalue weighted by molar-refractivity contribution is 0.0594. The average Bonchev–Trinajstić information content (AvgIpc) is 2.49. The number of methoxy groups -OCH3 is 1. The van der Waals surface area contributed by atoms with Crippen molar-refractivity contribution in [3.63, 3.8) is 0 Å². The highest BCUT2D eigenvalue weighted by molar-refractivity contribution is 6.03. The summed E-state index contributed by atoms with van der Waals surface area (Å²) in [6, 6.07) is 6.91. The molecule has 2 rings (SSSR count). The van der Waals surface area contributed by atoms with Crippen molar-refractivity contribution in [3.05, 3.63) is 59.4 Å². The van der Waals surface area contributed by atoms with Crippen LogP contribution in [0.15, 0.2) is 36.4 Å². The number of aromatic nitrogens is 1. The van der Waals surface area contributed by atoms with Gasteiger partial charge in [0.2, 0.25) is 0 Å². The Balaban J connectivity index is 2.22. The second-order valence-electron chi connectivity index (χ2n) is 3.98. The summed E-state index contributed by atoms with van der Waals surface area (Å²) in [7, 11) is 1.19. The van der Waals surface area contributed by atoms with Crippen LogP contribution in [-0.2, 0) is 4.74 Å². The molecule has 2 aromatic rings. The van der Waals surface area contributed by atoms with Crippen LogP contribution in [0.1, 0.15) is 21.0 Å². The van der Waals surface area contributed by atoms with Gasteiger partial charge in [-0.25, -0.2) is 18.6 Å². The molecule has 5 nitrogen and oxygen atoms in total. The molecule has 108 valence electrons. The van der Waals surface area contributed by atoms with Gasteiger partial charge in [0.05, 0.1) is 12.8 Å². The summed E-state index contributed by atoms with van der Waals surface area (Å²) in [5.41, 5.74) is -0.335.